The zero-order chi connectivity index (χ0) is 24.5. The SMILES string of the molecule is CCN(C)/C(=C\C(=C(/C=O)COC)C(C)OC)c1cc2cc(n1)/C=C(F)\C(C)=C(/C)CCC2. The fourth-order valence-corrected chi connectivity index (χ4v) is 3.78. The molecule has 2 bridgehead atoms. The lowest BCUT2D eigenvalue weighted by Crippen LogP contribution is -2.20. The molecule has 1 unspecified atom stereocenters. The molecule has 6 heteroatoms. The van der Waals surface area contributed by atoms with Crippen molar-refractivity contribution in [3.05, 3.63) is 63.3 Å². The molecular formula is C27H37FN2O3. The Bertz CT molecular complexity index is 976. The summed E-state index contributed by atoms with van der Waals surface area (Å²) in [5.41, 5.74) is 6.27. The molecule has 1 atom stereocenters. The van der Waals surface area contributed by atoms with Crippen molar-refractivity contribution in [2.45, 2.75) is 53.1 Å². The summed E-state index contributed by atoms with van der Waals surface area (Å²) in [4.78, 5) is 18.7. The number of ether oxygens (including phenoxy) is 2. The molecule has 1 aliphatic carbocycles. The predicted octanol–water partition coefficient (Wildman–Crippen LogP) is 5.53. The summed E-state index contributed by atoms with van der Waals surface area (Å²) in [6.45, 7) is 8.67. The van der Waals surface area contributed by atoms with Crippen LogP contribution in [0.15, 0.2) is 46.3 Å². The van der Waals surface area contributed by atoms with Gasteiger partial charge in [-0.05, 0) is 88.0 Å². The Morgan fingerprint density at radius 1 is 1.27 bits per heavy atom. The molecule has 180 valence electrons. The summed E-state index contributed by atoms with van der Waals surface area (Å²) in [5, 5.41) is 0. The van der Waals surface area contributed by atoms with Crippen LogP contribution in [0.2, 0.25) is 0 Å². The van der Waals surface area contributed by atoms with Crippen molar-refractivity contribution in [3.8, 4) is 0 Å². The maximum Gasteiger partial charge on any atom is 0.148 e. The highest BCUT2D eigenvalue weighted by Gasteiger charge is 2.18. The van der Waals surface area contributed by atoms with Crippen LogP contribution in [-0.2, 0) is 20.7 Å². The molecule has 0 saturated carbocycles. The molecule has 0 N–H and O–H groups in total. The molecule has 5 nitrogen and oxygen atoms in total. The van der Waals surface area contributed by atoms with Crippen molar-refractivity contribution in [2.75, 3.05) is 34.4 Å². The molecule has 1 aromatic rings. The number of carbonyl (C=O) groups excluding carboxylic acids is 1. The van der Waals surface area contributed by atoms with Crippen LogP contribution in [0.5, 0.6) is 0 Å². The summed E-state index contributed by atoms with van der Waals surface area (Å²) >= 11 is 0. The van der Waals surface area contributed by atoms with Crippen LogP contribution in [0.3, 0.4) is 0 Å². The molecule has 0 fully saturated rings. The smallest absolute Gasteiger partial charge is 0.148 e. The lowest BCUT2D eigenvalue weighted by molar-refractivity contribution is -0.105. The molecule has 1 aromatic heterocycles. The Morgan fingerprint density at radius 2 is 2.00 bits per heavy atom. The van der Waals surface area contributed by atoms with Crippen LogP contribution in [0.1, 0.15) is 57.5 Å². The Balaban J connectivity index is 2.75. The monoisotopic (exact) mass is 456 g/mol. The van der Waals surface area contributed by atoms with Gasteiger partial charge < -0.3 is 14.4 Å². The van der Waals surface area contributed by atoms with Crippen LogP contribution in [0, 0.1) is 0 Å². The third kappa shape index (κ3) is 6.95. The highest BCUT2D eigenvalue weighted by molar-refractivity contribution is 5.78. The average molecular weight is 457 g/mol. The average Bonchev–Trinajstić information content (AvgIpc) is 2.81. The summed E-state index contributed by atoms with van der Waals surface area (Å²) in [7, 11) is 5.14. The van der Waals surface area contributed by atoms with Gasteiger partial charge in [-0.25, -0.2) is 9.37 Å². The maximum atomic E-state index is 14.9. The molecule has 0 spiro atoms. The Morgan fingerprint density at radius 3 is 2.61 bits per heavy atom. The van der Waals surface area contributed by atoms with Crippen molar-refractivity contribution in [1.82, 2.24) is 9.88 Å². The number of nitrogens with zero attached hydrogens (tertiary/aromatic N) is 2. The lowest BCUT2D eigenvalue weighted by Gasteiger charge is -2.24. The van der Waals surface area contributed by atoms with Crippen molar-refractivity contribution in [1.29, 1.82) is 0 Å². The van der Waals surface area contributed by atoms with E-state index in [0.29, 0.717) is 16.8 Å². The molecule has 0 radical (unpaired) electrons. The minimum atomic E-state index is -0.318. The standard InChI is InChI=1S/C27H37FN2O3/c1-8-30(5)27(15-24(20(4)33-7)22(16-31)17-32-6)26-13-21-11-9-10-18(2)19(3)25(28)14-23(12-21)29-26/h12-16,20H,8-11,17H2,1-7H3/b19-18+,24-22-,25-14+,27-15-. The minimum Gasteiger partial charge on any atom is -0.380 e. The second kappa shape index (κ2) is 12.6. The highest BCUT2D eigenvalue weighted by Crippen LogP contribution is 2.28. The summed E-state index contributed by atoms with van der Waals surface area (Å²) in [6.07, 6.45) is 6.63. The third-order valence-electron chi connectivity index (χ3n) is 6.24. The lowest BCUT2D eigenvalue weighted by atomic mass is 9.97. The van der Waals surface area contributed by atoms with Crippen LogP contribution in [0.4, 0.5) is 4.39 Å². The maximum absolute atomic E-state index is 14.9. The number of aryl methyl sites for hydroxylation is 1. The Kier molecular flexibility index (Phi) is 10.2. The van der Waals surface area contributed by atoms with Gasteiger partial charge in [0.2, 0.25) is 0 Å². The van der Waals surface area contributed by atoms with Gasteiger partial charge in [0.05, 0.1) is 29.8 Å². The van der Waals surface area contributed by atoms with Crippen LogP contribution in [-0.4, -0.2) is 56.7 Å². The van der Waals surface area contributed by atoms with E-state index in [1.807, 2.05) is 46.9 Å². The summed E-state index contributed by atoms with van der Waals surface area (Å²) < 4.78 is 25.7. The molecule has 0 amide bonds. The Hall–Kier alpha value is -2.57. The van der Waals surface area contributed by atoms with Crippen LogP contribution in [0.25, 0.3) is 11.8 Å². The van der Waals surface area contributed by atoms with Crippen molar-refractivity contribution < 1.29 is 18.7 Å². The van der Waals surface area contributed by atoms with Gasteiger partial charge in [-0.1, -0.05) is 5.57 Å². The van der Waals surface area contributed by atoms with Gasteiger partial charge in [-0.3, -0.25) is 4.79 Å². The predicted molar refractivity (Wildman–Crippen MR) is 132 cm³/mol. The van der Waals surface area contributed by atoms with Gasteiger partial charge in [0.1, 0.15) is 12.1 Å². The first-order valence-electron chi connectivity index (χ1n) is 11.4. The van der Waals surface area contributed by atoms with Crippen LogP contribution < -0.4 is 0 Å². The van der Waals surface area contributed by atoms with E-state index in [-0.39, 0.29) is 18.5 Å². The zero-order valence-electron chi connectivity index (χ0n) is 21.0. The molecule has 0 saturated heterocycles. The normalized spacial score (nSPS) is 20.5. The van der Waals surface area contributed by atoms with Crippen molar-refractivity contribution in [3.63, 3.8) is 0 Å². The van der Waals surface area contributed by atoms with Crippen molar-refractivity contribution >= 4 is 18.1 Å². The molecule has 1 aliphatic rings. The number of halogens is 1. The number of pyridine rings is 1. The van der Waals surface area contributed by atoms with Gasteiger partial charge in [0.15, 0.2) is 0 Å². The summed E-state index contributed by atoms with van der Waals surface area (Å²) in [5.74, 6) is -0.253. The first-order chi connectivity index (χ1) is 15.7. The second-order valence-electron chi connectivity index (χ2n) is 8.49. The van der Waals surface area contributed by atoms with E-state index in [1.165, 1.54) is 6.08 Å². The van der Waals surface area contributed by atoms with Gasteiger partial charge in [-0.15, -0.1) is 0 Å². The van der Waals surface area contributed by atoms with Gasteiger partial charge >= 0.3 is 0 Å². The fourth-order valence-electron chi connectivity index (χ4n) is 3.78. The van der Waals surface area contributed by atoms with Crippen molar-refractivity contribution in [2.24, 2.45) is 0 Å². The number of aromatic nitrogens is 1. The van der Waals surface area contributed by atoms with Gasteiger partial charge in [0, 0.05) is 33.4 Å². The molecular weight excluding hydrogens is 419 g/mol. The summed E-state index contributed by atoms with van der Waals surface area (Å²) in [6, 6.07) is 4.02. The molecule has 33 heavy (non-hydrogen) atoms. The van der Waals surface area contributed by atoms with E-state index >= 15 is 0 Å². The number of allylic oxidation sites excluding steroid dienone is 3. The first-order valence-corrected chi connectivity index (χ1v) is 11.4. The fraction of sp³-hybridized carbons (Fsp3) is 0.481. The Labute approximate surface area is 197 Å². The number of hydrogen-bond acceptors (Lipinski definition) is 5. The quantitative estimate of drug-likeness (QED) is 0.278. The topological polar surface area (TPSA) is 51.7 Å². The number of rotatable bonds is 9. The zero-order valence-corrected chi connectivity index (χ0v) is 21.0. The first kappa shape index (κ1) is 26.7. The largest absolute Gasteiger partial charge is 0.380 e. The highest BCUT2D eigenvalue weighted by atomic mass is 19.1. The number of methoxy groups -OCH3 is 2. The molecule has 0 aliphatic heterocycles. The molecule has 0 aromatic carbocycles. The molecule has 2 rings (SSSR count). The number of hydrogen-bond donors (Lipinski definition) is 0. The number of fused-ring (bicyclic) bond motifs is 2. The van der Waals surface area contributed by atoms with E-state index < -0.39 is 0 Å². The van der Waals surface area contributed by atoms with Gasteiger partial charge in [-0.2, -0.15) is 0 Å². The minimum absolute atomic E-state index is 0.184. The number of carbonyl (C=O) groups is 1. The van der Waals surface area contributed by atoms with E-state index in [2.05, 4.69) is 11.0 Å². The second-order valence-corrected chi connectivity index (χ2v) is 8.49. The van der Waals surface area contributed by atoms with Crippen LogP contribution >= 0.6 is 0 Å². The van der Waals surface area contributed by atoms with E-state index in [0.717, 1.165) is 60.2 Å². The number of aldehydes is 1. The molecule has 1 heterocycles. The third-order valence-corrected chi connectivity index (χ3v) is 6.24. The van der Waals surface area contributed by atoms with E-state index in [9.17, 15) is 9.18 Å². The van der Waals surface area contributed by atoms with Gasteiger partial charge in [0.25, 0.3) is 0 Å². The van der Waals surface area contributed by atoms with E-state index in [1.54, 1.807) is 14.2 Å². The van der Waals surface area contributed by atoms with E-state index in [4.69, 9.17) is 14.5 Å².